The van der Waals surface area contributed by atoms with Crippen molar-refractivity contribution in [3.8, 4) is 5.75 Å². The molecule has 0 aliphatic heterocycles. The van der Waals surface area contributed by atoms with Crippen molar-refractivity contribution in [3.05, 3.63) is 29.1 Å². The largest absolute Gasteiger partial charge is 0.496 e. The van der Waals surface area contributed by atoms with Gasteiger partial charge in [-0.1, -0.05) is 0 Å². The van der Waals surface area contributed by atoms with Crippen LogP contribution in [0.1, 0.15) is 11.1 Å². The van der Waals surface area contributed by atoms with Crippen LogP contribution in [0.5, 0.6) is 5.75 Å². The van der Waals surface area contributed by atoms with Gasteiger partial charge in [-0.3, -0.25) is 0 Å². The Morgan fingerprint density at radius 2 is 2.06 bits per heavy atom. The van der Waals surface area contributed by atoms with Crippen molar-refractivity contribution in [3.63, 3.8) is 0 Å². The van der Waals surface area contributed by atoms with Crippen molar-refractivity contribution in [2.75, 3.05) is 20.8 Å². The maximum atomic E-state index is 13.2. The van der Waals surface area contributed by atoms with Gasteiger partial charge in [0.05, 0.1) is 20.3 Å². The number of ether oxygens (including phenoxy) is 2. The number of benzene rings is 1. The molecule has 0 heterocycles. The molecule has 1 aromatic rings. The van der Waals surface area contributed by atoms with Gasteiger partial charge in [0.25, 0.3) is 0 Å². The van der Waals surface area contributed by atoms with Crippen LogP contribution in [0.15, 0.2) is 12.1 Å². The van der Waals surface area contributed by atoms with Crippen molar-refractivity contribution in [1.29, 1.82) is 0 Å². The maximum Gasteiger partial charge on any atom is 0.127 e. The standard InChI is InChI=1S/C11H16FNO3/c1-14-7-8-5-9(12)6-11(15-2)10(8)3-4-16-13/h5-6H,3-4,7,13H2,1-2H3. The Morgan fingerprint density at radius 1 is 1.31 bits per heavy atom. The lowest BCUT2D eigenvalue weighted by atomic mass is 10.0. The molecule has 0 spiro atoms. The van der Waals surface area contributed by atoms with Gasteiger partial charge in [-0.05, 0) is 11.6 Å². The first kappa shape index (κ1) is 12.9. The number of hydrogen-bond donors (Lipinski definition) is 1. The summed E-state index contributed by atoms with van der Waals surface area (Å²) in [5.41, 5.74) is 1.60. The lowest BCUT2D eigenvalue weighted by molar-refractivity contribution is 0.139. The van der Waals surface area contributed by atoms with E-state index >= 15 is 0 Å². The molecule has 0 saturated heterocycles. The first-order valence-electron chi connectivity index (χ1n) is 4.88. The average Bonchev–Trinajstić information content (AvgIpc) is 2.27. The van der Waals surface area contributed by atoms with Gasteiger partial charge in [-0.25, -0.2) is 10.3 Å². The molecule has 90 valence electrons. The molecule has 0 atom stereocenters. The van der Waals surface area contributed by atoms with Gasteiger partial charge in [0, 0.05) is 25.2 Å². The van der Waals surface area contributed by atoms with E-state index in [2.05, 4.69) is 4.84 Å². The molecular weight excluding hydrogens is 213 g/mol. The van der Waals surface area contributed by atoms with Crippen LogP contribution in [-0.2, 0) is 22.6 Å². The van der Waals surface area contributed by atoms with Crippen molar-refractivity contribution < 1.29 is 18.7 Å². The van der Waals surface area contributed by atoms with Gasteiger partial charge >= 0.3 is 0 Å². The fraction of sp³-hybridized carbons (Fsp3) is 0.455. The Morgan fingerprint density at radius 3 is 2.62 bits per heavy atom. The molecule has 1 aromatic carbocycles. The molecule has 0 saturated carbocycles. The topological polar surface area (TPSA) is 53.7 Å². The van der Waals surface area contributed by atoms with Crippen LogP contribution in [0.25, 0.3) is 0 Å². The summed E-state index contributed by atoms with van der Waals surface area (Å²) < 4.78 is 23.4. The average molecular weight is 229 g/mol. The molecule has 0 aliphatic carbocycles. The van der Waals surface area contributed by atoms with Crippen molar-refractivity contribution in [1.82, 2.24) is 0 Å². The zero-order valence-corrected chi connectivity index (χ0v) is 9.46. The van der Waals surface area contributed by atoms with Crippen molar-refractivity contribution in [2.45, 2.75) is 13.0 Å². The lowest BCUT2D eigenvalue weighted by Crippen LogP contribution is -2.08. The maximum absolute atomic E-state index is 13.2. The van der Waals surface area contributed by atoms with E-state index in [4.69, 9.17) is 15.4 Å². The molecule has 1 rings (SSSR count). The fourth-order valence-corrected chi connectivity index (χ4v) is 1.58. The summed E-state index contributed by atoms with van der Waals surface area (Å²) in [6, 6.07) is 2.77. The number of methoxy groups -OCH3 is 2. The molecule has 4 nitrogen and oxygen atoms in total. The van der Waals surface area contributed by atoms with Gasteiger partial charge in [0.1, 0.15) is 11.6 Å². The van der Waals surface area contributed by atoms with Gasteiger partial charge in [0.2, 0.25) is 0 Å². The Balaban J connectivity index is 3.05. The fourth-order valence-electron chi connectivity index (χ4n) is 1.58. The molecule has 0 amide bonds. The minimum Gasteiger partial charge on any atom is -0.496 e. The van der Waals surface area contributed by atoms with E-state index in [1.165, 1.54) is 19.2 Å². The first-order valence-corrected chi connectivity index (χ1v) is 4.88. The minimum absolute atomic E-state index is 0.327. The van der Waals surface area contributed by atoms with Crippen LogP contribution in [-0.4, -0.2) is 20.8 Å². The normalized spacial score (nSPS) is 10.5. The number of halogens is 1. The molecule has 0 aromatic heterocycles. The second kappa shape index (κ2) is 6.42. The highest BCUT2D eigenvalue weighted by Crippen LogP contribution is 2.25. The van der Waals surface area contributed by atoms with Crippen LogP contribution >= 0.6 is 0 Å². The molecule has 0 radical (unpaired) electrons. The van der Waals surface area contributed by atoms with E-state index in [1.807, 2.05) is 0 Å². The molecule has 0 fully saturated rings. The van der Waals surface area contributed by atoms with E-state index < -0.39 is 0 Å². The molecule has 2 N–H and O–H groups in total. The smallest absolute Gasteiger partial charge is 0.127 e. The Labute approximate surface area is 94.1 Å². The summed E-state index contributed by atoms with van der Waals surface area (Å²) >= 11 is 0. The monoisotopic (exact) mass is 229 g/mol. The van der Waals surface area contributed by atoms with Gasteiger partial charge < -0.3 is 14.3 Å². The van der Waals surface area contributed by atoms with Gasteiger partial charge in [-0.2, -0.15) is 0 Å². The van der Waals surface area contributed by atoms with Crippen molar-refractivity contribution in [2.24, 2.45) is 5.90 Å². The van der Waals surface area contributed by atoms with Gasteiger partial charge in [-0.15, -0.1) is 0 Å². The Kier molecular flexibility index (Phi) is 5.18. The van der Waals surface area contributed by atoms with Crippen LogP contribution in [0, 0.1) is 5.82 Å². The van der Waals surface area contributed by atoms with Crippen LogP contribution in [0.4, 0.5) is 4.39 Å². The predicted octanol–water partition coefficient (Wildman–Crippen LogP) is 1.41. The van der Waals surface area contributed by atoms with E-state index in [-0.39, 0.29) is 5.82 Å². The predicted molar refractivity (Wildman–Crippen MR) is 57.5 cm³/mol. The minimum atomic E-state index is -0.346. The third-order valence-electron chi connectivity index (χ3n) is 2.26. The quantitative estimate of drug-likeness (QED) is 0.749. The Bertz CT molecular complexity index is 344. The summed E-state index contributed by atoms with van der Waals surface area (Å²) in [7, 11) is 3.05. The molecular formula is C11H16FNO3. The number of nitrogens with two attached hydrogens (primary N) is 1. The summed E-state index contributed by atoms with van der Waals surface area (Å²) in [5, 5.41) is 0. The molecule has 0 aliphatic rings. The summed E-state index contributed by atoms with van der Waals surface area (Å²) in [5.74, 6) is 5.12. The summed E-state index contributed by atoms with van der Waals surface area (Å²) in [6.07, 6.45) is 0.554. The van der Waals surface area contributed by atoms with Gasteiger partial charge in [0.15, 0.2) is 0 Å². The van der Waals surface area contributed by atoms with Crippen LogP contribution in [0.3, 0.4) is 0 Å². The molecule has 0 unspecified atom stereocenters. The zero-order valence-electron chi connectivity index (χ0n) is 9.46. The van der Waals surface area contributed by atoms with E-state index in [9.17, 15) is 4.39 Å². The molecule has 16 heavy (non-hydrogen) atoms. The van der Waals surface area contributed by atoms with E-state index in [0.717, 1.165) is 11.1 Å². The third kappa shape index (κ3) is 3.16. The number of rotatable bonds is 6. The highest BCUT2D eigenvalue weighted by atomic mass is 19.1. The summed E-state index contributed by atoms with van der Waals surface area (Å²) in [6.45, 7) is 0.673. The SMILES string of the molecule is COCc1cc(F)cc(OC)c1CCON. The lowest BCUT2D eigenvalue weighted by Gasteiger charge is -2.13. The first-order chi connectivity index (χ1) is 7.72. The highest BCUT2D eigenvalue weighted by molar-refractivity contribution is 5.41. The molecule has 0 bridgehead atoms. The Hall–Kier alpha value is -1.17. The molecule has 5 heteroatoms. The van der Waals surface area contributed by atoms with Crippen LogP contribution < -0.4 is 10.6 Å². The van der Waals surface area contributed by atoms with E-state index in [0.29, 0.717) is 25.4 Å². The summed E-state index contributed by atoms with van der Waals surface area (Å²) in [4.78, 5) is 4.52. The van der Waals surface area contributed by atoms with Crippen LogP contribution in [0.2, 0.25) is 0 Å². The van der Waals surface area contributed by atoms with Crippen molar-refractivity contribution >= 4 is 0 Å². The third-order valence-corrected chi connectivity index (χ3v) is 2.26. The highest BCUT2D eigenvalue weighted by Gasteiger charge is 2.11. The zero-order chi connectivity index (χ0) is 12.0. The van der Waals surface area contributed by atoms with E-state index in [1.54, 1.807) is 7.11 Å². The second-order valence-corrected chi connectivity index (χ2v) is 3.30. The number of hydrogen-bond acceptors (Lipinski definition) is 4. The second-order valence-electron chi connectivity index (χ2n) is 3.30.